The first-order valence-electron chi connectivity index (χ1n) is 10.2. The van der Waals surface area contributed by atoms with Crippen LogP contribution in [-0.2, 0) is 17.7 Å². The lowest BCUT2D eigenvalue weighted by molar-refractivity contribution is 0.0252. The maximum atomic E-state index is 12.6. The molecule has 30 heavy (non-hydrogen) atoms. The van der Waals surface area contributed by atoms with Crippen LogP contribution in [0.3, 0.4) is 0 Å². The van der Waals surface area contributed by atoms with E-state index in [-0.39, 0.29) is 18.0 Å². The Balaban J connectivity index is 1.39. The zero-order chi connectivity index (χ0) is 21.1. The second-order valence-electron chi connectivity index (χ2n) is 7.64. The highest BCUT2D eigenvalue weighted by atomic mass is 16.5. The first-order chi connectivity index (χ1) is 14.5. The molecule has 2 heterocycles. The summed E-state index contributed by atoms with van der Waals surface area (Å²) >= 11 is 0. The number of fused-ring (bicyclic) bond motifs is 1. The molecule has 0 saturated carbocycles. The third kappa shape index (κ3) is 4.27. The summed E-state index contributed by atoms with van der Waals surface area (Å²) in [5, 5.41) is 7.39. The van der Waals surface area contributed by atoms with Crippen LogP contribution in [0.4, 0.5) is 0 Å². The first kappa shape index (κ1) is 19.9. The molecule has 0 aliphatic carbocycles. The van der Waals surface area contributed by atoms with Gasteiger partial charge >= 0.3 is 5.97 Å². The normalized spacial score (nSPS) is 15.4. The van der Waals surface area contributed by atoms with E-state index in [2.05, 4.69) is 10.4 Å². The number of rotatable bonds is 6. The number of benzene rings is 2. The molecule has 1 aliphatic heterocycles. The summed E-state index contributed by atoms with van der Waals surface area (Å²) in [5.41, 5.74) is 5.00. The summed E-state index contributed by atoms with van der Waals surface area (Å²) in [6.07, 6.45) is 1.02. The minimum Gasteiger partial charge on any atom is -0.454 e. The van der Waals surface area contributed by atoms with Crippen molar-refractivity contribution in [3.8, 4) is 0 Å². The molecule has 0 fully saturated rings. The number of cyclic esters (lactones) is 1. The molecule has 0 bridgehead atoms. The Kier molecular flexibility index (Phi) is 5.65. The Bertz CT molecular complexity index is 1070. The number of aromatic nitrogens is 2. The lowest BCUT2D eigenvalue weighted by atomic mass is 9.93. The number of carbonyl (C=O) groups excluding carboxylic acids is 2. The second-order valence-corrected chi connectivity index (χ2v) is 7.64. The van der Waals surface area contributed by atoms with Gasteiger partial charge in [0.15, 0.2) is 0 Å². The quantitative estimate of drug-likeness (QED) is 0.502. The molecular weight excluding hydrogens is 378 g/mol. The topological polar surface area (TPSA) is 73.2 Å². The van der Waals surface area contributed by atoms with Crippen LogP contribution in [-0.4, -0.2) is 28.2 Å². The van der Waals surface area contributed by atoms with Gasteiger partial charge in [-0.1, -0.05) is 30.3 Å². The monoisotopic (exact) mass is 403 g/mol. The van der Waals surface area contributed by atoms with E-state index in [0.717, 1.165) is 35.5 Å². The lowest BCUT2D eigenvalue weighted by Crippen LogP contribution is -2.27. The van der Waals surface area contributed by atoms with Gasteiger partial charge in [0, 0.05) is 30.8 Å². The molecule has 0 radical (unpaired) electrons. The van der Waals surface area contributed by atoms with Gasteiger partial charge in [-0.15, -0.1) is 0 Å². The van der Waals surface area contributed by atoms with Gasteiger partial charge in [0.1, 0.15) is 6.10 Å². The van der Waals surface area contributed by atoms with Crippen LogP contribution in [0.2, 0.25) is 0 Å². The van der Waals surface area contributed by atoms with E-state index in [0.29, 0.717) is 24.1 Å². The third-order valence-corrected chi connectivity index (χ3v) is 5.35. The number of amides is 1. The zero-order valence-electron chi connectivity index (χ0n) is 17.2. The Morgan fingerprint density at radius 3 is 2.70 bits per heavy atom. The summed E-state index contributed by atoms with van der Waals surface area (Å²) in [5.74, 6) is -0.483. The molecule has 1 atom stereocenters. The van der Waals surface area contributed by atoms with Gasteiger partial charge in [-0.2, -0.15) is 5.10 Å². The largest absolute Gasteiger partial charge is 0.454 e. The molecule has 6 nitrogen and oxygen atoms in total. The summed E-state index contributed by atoms with van der Waals surface area (Å²) in [6, 6.07) is 16.9. The van der Waals surface area contributed by atoms with Crippen LogP contribution in [0.5, 0.6) is 0 Å². The summed E-state index contributed by atoms with van der Waals surface area (Å²) in [6.45, 7) is 5.32. The minimum atomic E-state index is -0.345. The van der Waals surface area contributed by atoms with E-state index in [4.69, 9.17) is 4.74 Å². The van der Waals surface area contributed by atoms with Crippen molar-refractivity contribution in [3.63, 3.8) is 0 Å². The van der Waals surface area contributed by atoms with Gasteiger partial charge in [-0.25, -0.2) is 4.79 Å². The third-order valence-electron chi connectivity index (χ3n) is 5.35. The fourth-order valence-corrected chi connectivity index (χ4v) is 3.82. The van der Waals surface area contributed by atoms with E-state index in [9.17, 15) is 9.59 Å². The van der Waals surface area contributed by atoms with Crippen LogP contribution in [0.25, 0.3) is 0 Å². The fourth-order valence-electron chi connectivity index (χ4n) is 3.82. The molecule has 1 aromatic heterocycles. The predicted octanol–water partition coefficient (Wildman–Crippen LogP) is 3.77. The zero-order valence-corrected chi connectivity index (χ0v) is 17.2. The maximum Gasteiger partial charge on any atom is 0.339 e. The molecule has 4 rings (SSSR count). The minimum absolute atomic E-state index is 0.138. The van der Waals surface area contributed by atoms with Gasteiger partial charge < -0.3 is 10.1 Å². The van der Waals surface area contributed by atoms with E-state index in [1.165, 1.54) is 0 Å². The number of nitrogens with zero attached hydrogens (tertiary/aromatic N) is 2. The Labute approximate surface area is 175 Å². The molecular formula is C24H25N3O3. The van der Waals surface area contributed by atoms with Gasteiger partial charge in [-0.3, -0.25) is 9.48 Å². The van der Waals surface area contributed by atoms with E-state index < -0.39 is 0 Å². The average Bonchev–Trinajstić information content (AvgIpc) is 3.08. The van der Waals surface area contributed by atoms with Crippen molar-refractivity contribution in [2.24, 2.45) is 0 Å². The van der Waals surface area contributed by atoms with Gasteiger partial charge in [0.05, 0.1) is 11.3 Å². The smallest absolute Gasteiger partial charge is 0.339 e. The van der Waals surface area contributed by atoms with Crippen molar-refractivity contribution in [3.05, 3.63) is 88.2 Å². The van der Waals surface area contributed by atoms with Gasteiger partial charge in [-0.05, 0) is 55.7 Å². The first-order valence-corrected chi connectivity index (χ1v) is 10.2. The van der Waals surface area contributed by atoms with E-state index >= 15 is 0 Å². The number of hydrogen-bond acceptors (Lipinski definition) is 4. The van der Waals surface area contributed by atoms with Crippen LogP contribution in [0.1, 0.15) is 55.8 Å². The van der Waals surface area contributed by atoms with Gasteiger partial charge in [0.25, 0.3) is 5.91 Å². The molecule has 154 valence electrons. The van der Waals surface area contributed by atoms with Gasteiger partial charge in [0.2, 0.25) is 0 Å². The molecule has 1 N–H and O–H groups in total. The van der Waals surface area contributed by atoms with Crippen molar-refractivity contribution in [1.82, 2.24) is 15.1 Å². The summed E-state index contributed by atoms with van der Waals surface area (Å²) < 4.78 is 7.54. The van der Waals surface area contributed by atoms with E-state index in [1.54, 1.807) is 12.1 Å². The van der Waals surface area contributed by atoms with Crippen molar-refractivity contribution in [1.29, 1.82) is 0 Å². The Hall–Kier alpha value is -3.41. The van der Waals surface area contributed by atoms with Crippen molar-refractivity contribution in [2.75, 3.05) is 6.54 Å². The number of esters is 1. The molecule has 1 aliphatic rings. The van der Waals surface area contributed by atoms with Crippen molar-refractivity contribution < 1.29 is 14.3 Å². The Morgan fingerprint density at radius 1 is 1.17 bits per heavy atom. The predicted molar refractivity (Wildman–Crippen MR) is 113 cm³/mol. The standard InChI is InChI=1S/C24H25N3O3/c1-16-13-17(2)27(26-16)12-6-11-25-23(28)19-9-10-21-20(14-19)15-22(30-24(21)29)18-7-4-3-5-8-18/h3-5,7-10,13-14,22H,6,11-12,15H2,1-2H3,(H,25,28). The fraction of sp³-hybridized carbons (Fsp3) is 0.292. The van der Waals surface area contributed by atoms with Crippen LogP contribution in [0, 0.1) is 13.8 Å². The highest BCUT2D eigenvalue weighted by Gasteiger charge is 2.28. The SMILES string of the molecule is Cc1cc(C)n(CCCNC(=O)c2ccc3c(c2)CC(c2ccccc2)OC3=O)n1. The van der Waals surface area contributed by atoms with Crippen LogP contribution < -0.4 is 5.32 Å². The molecule has 0 saturated heterocycles. The van der Waals surface area contributed by atoms with Crippen molar-refractivity contribution in [2.45, 2.75) is 39.3 Å². The summed E-state index contributed by atoms with van der Waals surface area (Å²) in [4.78, 5) is 25.0. The highest BCUT2D eigenvalue weighted by molar-refractivity contribution is 5.97. The van der Waals surface area contributed by atoms with Crippen LogP contribution >= 0.6 is 0 Å². The maximum absolute atomic E-state index is 12.6. The molecule has 1 amide bonds. The number of ether oxygens (including phenoxy) is 1. The van der Waals surface area contributed by atoms with Crippen molar-refractivity contribution >= 4 is 11.9 Å². The average molecular weight is 403 g/mol. The van der Waals surface area contributed by atoms with E-state index in [1.807, 2.05) is 61.0 Å². The number of aryl methyl sites for hydroxylation is 3. The number of hydrogen-bond donors (Lipinski definition) is 1. The number of carbonyl (C=O) groups is 2. The Morgan fingerprint density at radius 2 is 1.97 bits per heavy atom. The molecule has 0 spiro atoms. The molecule has 1 unspecified atom stereocenters. The molecule has 2 aromatic carbocycles. The number of nitrogens with one attached hydrogen (secondary N) is 1. The summed E-state index contributed by atoms with van der Waals surface area (Å²) in [7, 11) is 0. The molecule has 3 aromatic rings. The second kappa shape index (κ2) is 8.53. The highest BCUT2D eigenvalue weighted by Crippen LogP contribution is 2.31. The van der Waals surface area contributed by atoms with Crippen LogP contribution in [0.15, 0.2) is 54.6 Å². The molecule has 6 heteroatoms. The lowest BCUT2D eigenvalue weighted by Gasteiger charge is -2.25.